The molecule has 2 aromatic carbocycles. The summed E-state index contributed by atoms with van der Waals surface area (Å²) in [5, 5.41) is 10.4. The highest BCUT2D eigenvalue weighted by Gasteiger charge is 2.76. The number of carbonyl (C=O) groups is 4. The van der Waals surface area contributed by atoms with Crippen LogP contribution in [0.15, 0.2) is 48.0 Å². The molecule has 0 bridgehead atoms. The average Bonchev–Trinajstić information content (AvgIpc) is 3.35. The van der Waals surface area contributed by atoms with E-state index in [1.54, 1.807) is 13.0 Å². The van der Waals surface area contributed by atoms with E-state index in [4.69, 9.17) is 27.9 Å². The van der Waals surface area contributed by atoms with Crippen LogP contribution in [-0.2, 0) is 31.5 Å². The van der Waals surface area contributed by atoms with Crippen LogP contribution in [0.2, 0.25) is 0 Å². The second-order valence-corrected chi connectivity index (χ2v) is 13.7. The molecule has 2 aromatic rings. The fourth-order valence-electron chi connectivity index (χ4n) is 7.43. The molecular weight excluding hydrogens is 761 g/mol. The molecule has 2 saturated heterocycles. The lowest BCUT2D eigenvalue weighted by Crippen LogP contribution is -2.60. The van der Waals surface area contributed by atoms with Gasteiger partial charge in [0.25, 0.3) is 11.8 Å². The number of likely N-dealkylation sites (tertiary alicyclic amines) is 1. The fraction of sp³-hybridized carbons (Fsp3) is 0.419. The highest BCUT2D eigenvalue weighted by molar-refractivity contribution is 9.09. The number of aromatic hydroxyl groups is 1. The zero-order valence-corrected chi connectivity index (χ0v) is 27.6. The van der Waals surface area contributed by atoms with Gasteiger partial charge in [-0.15, -0.1) is 23.2 Å². The molecule has 2 aliphatic carbocycles. The van der Waals surface area contributed by atoms with E-state index in [1.807, 2.05) is 0 Å². The van der Waals surface area contributed by atoms with Crippen molar-refractivity contribution >= 4 is 68.4 Å². The monoisotopic (exact) mass is 782 g/mol. The molecule has 1 N–H and O–H groups in total. The van der Waals surface area contributed by atoms with E-state index in [9.17, 15) is 50.6 Å². The average molecular weight is 784 g/mol. The number of phenolic OH excluding ortho intramolecular Hbond substituents is 1. The fourth-order valence-corrected chi connectivity index (χ4v) is 8.86. The van der Waals surface area contributed by atoms with E-state index in [-0.39, 0.29) is 41.6 Å². The van der Waals surface area contributed by atoms with Gasteiger partial charge in [-0.05, 0) is 61.6 Å². The molecule has 48 heavy (non-hydrogen) atoms. The molecule has 0 unspecified atom stereocenters. The van der Waals surface area contributed by atoms with Crippen molar-refractivity contribution in [2.75, 3.05) is 17.0 Å². The van der Waals surface area contributed by atoms with Gasteiger partial charge in [-0.1, -0.05) is 33.6 Å². The molecule has 4 amide bonds. The minimum atomic E-state index is -5.24. The number of fused-ring (bicyclic) bond motifs is 4. The maximum absolute atomic E-state index is 14.1. The summed E-state index contributed by atoms with van der Waals surface area (Å²) in [6.07, 6.45) is -9.59. The molecule has 6 atom stereocenters. The van der Waals surface area contributed by atoms with E-state index >= 15 is 0 Å². The van der Waals surface area contributed by atoms with Crippen molar-refractivity contribution in [3.05, 3.63) is 64.7 Å². The van der Waals surface area contributed by atoms with Gasteiger partial charge in [0.2, 0.25) is 11.8 Å². The SMILES string of the molecule is CCOc1cc([C@H]2C3=CC[C@@H]4C(=O)N(c5cc(C(F)(F)F)cc(C(F)(F)F)c5)C(=O)[C@@H]4[C@@H]3C[C@@]3(Cl)C(=O)N(CBr)C(=O)[C@@]23Cl)ccc1O. The molecule has 3 fully saturated rings. The molecule has 4 aliphatic rings. The minimum Gasteiger partial charge on any atom is -0.504 e. The number of hydrogen-bond donors (Lipinski definition) is 1. The largest absolute Gasteiger partial charge is 0.504 e. The van der Waals surface area contributed by atoms with Crippen molar-refractivity contribution in [1.29, 1.82) is 0 Å². The Hall–Kier alpha value is -3.30. The Morgan fingerprint density at radius 3 is 2.12 bits per heavy atom. The maximum atomic E-state index is 14.1. The number of ether oxygens (including phenoxy) is 1. The number of alkyl halides is 9. The number of phenols is 1. The predicted octanol–water partition coefficient (Wildman–Crippen LogP) is 6.74. The summed E-state index contributed by atoms with van der Waals surface area (Å²) in [6.45, 7) is 1.79. The summed E-state index contributed by atoms with van der Waals surface area (Å²) in [4.78, 5) is 52.2. The van der Waals surface area contributed by atoms with E-state index in [0.29, 0.717) is 22.6 Å². The van der Waals surface area contributed by atoms with Crippen molar-refractivity contribution in [3.63, 3.8) is 0 Å². The van der Waals surface area contributed by atoms with Gasteiger partial charge in [0.1, 0.15) is 0 Å². The molecular formula is C31H23BrCl2F6N2O6. The summed E-state index contributed by atoms with van der Waals surface area (Å²) < 4.78 is 87.7. The van der Waals surface area contributed by atoms with E-state index in [2.05, 4.69) is 15.9 Å². The Balaban J connectivity index is 1.51. The van der Waals surface area contributed by atoms with Gasteiger partial charge in [-0.2, -0.15) is 26.3 Å². The lowest BCUT2D eigenvalue weighted by atomic mass is 9.56. The first-order valence-electron chi connectivity index (χ1n) is 14.4. The van der Waals surface area contributed by atoms with Crippen LogP contribution in [0.25, 0.3) is 0 Å². The zero-order chi connectivity index (χ0) is 35.3. The lowest BCUT2D eigenvalue weighted by Gasteiger charge is -2.50. The number of halogens is 9. The Bertz CT molecular complexity index is 1770. The molecule has 17 heteroatoms. The van der Waals surface area contributed by atoms with Crippen molar-refractivity contribution in [2.45, 2.75) is 47.8 Å². The third kappa shape index (κ3) is 4.85. The van der Waals surface area contributed by atoms with Crippen molar-refractivity contribution in [1.82, 2.24) is 4.90 Å². The van der Waals surface area contributed by atoms with Crippen molar-refractivity contribution < 1.29 is 55.4 Å². The summed E-state index contributed by atoms with van der Waals surface area (Å²) >= 11 is 17.4. The van der Waals surface area contributed by atoms with Crippen molar-refractivity contribution in [3.8, 4) is 11.5 Å². The molecule has 2 heterocycles. The molecule has 0 aromatic heterocycles. The highest BCUT2D eigenvalue weighted by Crippen LogP contribution is 2.66. The van der Waals surface area contributed by atoms with E-state index in [0.717, 1.165) is 4.90 Å². The number of anilines is 1. The Labute approximate surface area is 286 Å². The molecule has 256 valence electrons. The topological polar surface area (TPSA) is 104 Å². The predicted molar refractivity (Wildman–Crippen MR) is 162 cm³/mol. The van der Waals surface area contributed by atoms with Crippen LogP contribution in [0, 0.1) is 17.8 Å². The number of carbonyl (C=O) groups excluding carboxylic acids is 4. The lowest BCUT2D eigenvalue weighted by molar-refractivity contribution is -0.143. The van der Waals surface area contributed by atoms with E-state index < -0.39 is 92.6 Å². The van der Waals surface area contributed by atoms with Gasteiger partial charge < -0.3 is 9.84 Å². The highest BCUT2D eigenvalue weighted by atomic mass is 79.9. The van der Waals surface area contributed by atoms with Crippen LogP contribution < -0.4 is 9.64 Å². The van der Waals surface area contributed by atoms with E-state index in [1.165, 1.54) is 18.2 Å². The van der Waals surface area contributed by atoms with Crippen molar-refractivity contribution in [2.24, 2.45) is 17.8 Å². The molecule has 2 aliphatic heterocycles. The number of amides is 4. The number of imide groups is 2. The summed E-state index contributed by atoms with van der Waals surface area (Å²) in [7, 11) is 0. The normalized spacial score (nSPS) is 30.3. The third-order valence-electron chi connectivity index (χ3n) is 9.46. The molecule has 6 rings (SSSR count). The Kier molecular flexibility index (Phi) is 8.19. The molecule has 0 spiro atoms. The summed E-state index contributed by atoms with van der Waals surface area (Å²) in [5.74, 6) is -9.13. The van der Waals surface area contributed by atoms with Gasteiger partial charge in [0, 0.05) is 5.92 Å². The van der Waals surface area contributed by atoms with Crippen LogP contribution in [0.1, 0.15) is 42.4 Å². The smallest absolute Gasteiger partial charge is 0.416 e. The summed E-state index contributed by atoms with van der Waals surface area (Å²) in [6, 6.07) is 4.56. The number of hydrogen-bond acceptors (Lipinski definition) is 6. The van der Waals surface area contributed by atoms with Crippen LogP contribution in [-0.4, -0.2) is 55.4 Å². The van der Waals surface area contributed by atoms with Crippen LogP contribution in [0.3, 0.4) is 0 Å². The first-order valence-corrected chi connectivity index (χ1v) is 16.3. The third-order valence-corrected chi connectivity index (χ3v) is 11.4. The first-order chi connectivity index (χ1) is 22.3. The summed E-state index contributed by atoms with van der Waals surface area (Å²) in [5.41, 5.74) is -4.07. The molecule has 1 saturated carbocycles. The Morgan fingerprint density at radius 2 is 1.56 bits per heavy atom. The van der Waals surface area contributed by atoms with Gasteiger partial charge in [0.15, 0.2) is 21.2 Å². The number of nitrogens with zero attached hydrogens (tertiary/aromatic N) is 2. The van der Waals surface area contributed by atoms with Gasteiger partial charge >= 0.3 is 12.4 Å². The number of benzene rings is 2. The zero-order valence-electron chi connectivity index (χ0n) is 24.5. The molecule has 8 nitrogen and oxygen atoms in total. The quantitative estimate of drug-likeness (QED) is 0.119. The first kappa shape index (κ1) is 34.6. The second-order valence-electron chi connectivity index (χ2n) is 11.9. The Morgan fingerprint density at radius 1 is 0.938 bits per heavy atom. The maximum Gasteiger partial charge on any atom is 0.416 e. The minimum absolute atomic E-state index is 0.00396. The number of rotatable bonds is 5. The number of allylic oxidation sites excluding steroid dienone is 2. The van der Waals surface area contributed by atoms with Crippen LogP contribution in [0.5, 0.6) is 11.5 Å². The van der Waals surface area contributed by atoms with Gasteiger partial charge in [-0.3, -0.25) is 24.1 Å². The van der Waals surface area contributed by atoms with Gasteiger partial charge in [-0.25, -0.2) is 4.90 Å². The second kappa shape index (κ2) is 11.4. The van der Waals surface area contributed by atoms with Crippen LogP contribution in [0.4, 0.5) is 32.0 Å². The van der Waals surface area contributed by atoms with Gasteiger partial charge in [0.05, 0.1) is 40.7 Å². The van der Waals surface area contributed by atoms with Crippen LogP contribution >= 0.6 is 39.1 Å². The molecule has 0 radical (unpaired) electrons. The standard InChI is InChI=1S/C31H23BrCl2F6N2O6/c1-2-48-21-7-13(3-6-20(21)43)23-17-4-5-18-22(19(17)11-28(33)26(46)41(12-32)27(47)29(23,28)34)25(45)42(24(18)44)16-9-14(30(35,36)37)8-15(10-16)31(38,39)40/h3-4,6-10,18-19,22-23,43H,2,5,11-12H2,1H3/t18-,19+,22-,23-,28+,29-/m0/s1.